The lowest BCUT2D eigenvalue weighted by Gasteiger charge is -2.38. The van der Waals surface area contributed by atoms with Crippen LogP contribution < -0.4 is 5.32 Å². The van der Waals surface area contributed by atoms with Crippen LogP contribution in [0, 0.1) is 5.92 Å². The first-order valence-electron chi connectivity index (χ1n) is 5.94. The highest BCUT2D eigenvalue weighted by molar-refractivity contribution is 5.19. The molecule has 1 aliphatic rings. The molecule has 86 valence electrons. The fourth-order valence-corrected chi connectivity index (χ4v) is 2.14. The van der Waals surface area contributed by atoms with Crippen LogP contribution in [0.1, 0.15) is 62.7 Å². The van der Waals surface area contributed by atoms with Crippen LogP contribution in [0.4, 0.5) is 0 Å². The van der Waals surface area contributed by atoms with Crippen LogP contribution in [-0.2, 0) is 0 Å². The van der Waals surface area contributed by atoms with Gasteiger partial charge in [0.15, 0.2) is 0 Å². The van der Waals surface area contributed by atoms with Gasteiger partial charge < -0.3 is 5.32 Å². The monoisotopic (exact) mass is 199 g/mol. The number of rotatable bonds is 1. The molecule has 0 fully saturated rings. The maximum absolute atomic E-state index is 3.60. The summed E-state index contributed by atoms with van der Waals surface area (Å²) in [5.74, 6) is 0.746. The fourth-order valence-electron chi connectivity index (χ4n) is 2.14. The van der Waals surface area contributed by atoms with Crippen molar-refractivity contribution in [2.45, 2.75) is 66.8 Å². The highest BCUT2D eigenvalue weighted by atomic mass is 15.0. The van der Waals surface area contributed by atoms with Crippen LogP contribution in [-0.4, -0.2) is 5.54 Å². The Labute approximate surface area is 91.5 Å². The minimum Gasteiger partial charge on any atom is -0.383 e. The van der Waals surface area contributed by atoms with E-state index in [1.54, 1.807) is 5.57 Å². The zero-order valence-corrected chi connectivity index (χ0v) is 11.0. The summed E-state index contributed by atoms with van der Waals surface area (Å²) in [5, 5.41) is 3.60. The molecule has 0 spiro atoms. The van der Waals surface area contributed by atoms with Crippen LogP contribution in [0.2, 0.25) is 0 Å². The van der Waals surface area contributed by atoms with Crippen molar-refractivity contribution in [3.05, 3.63) is 11.3 Å². The second-order valence-electron chi connectivity index (χ2n) is 4.63. The molecule has 0 saturated heterocycles. The molecular formula is C13H29N. The van der Waals surface area contributed by atoms with E-state index in [0.29, 0.717) is 5.54 Å². The Morgan fingerprint density at radius 2 is 1.93 bits per heavy atom. The summed E-state index contributed by atoms with van der Waals surface area (Å²) in [6.07, 6.45) is 2.39. The zero-order chi connectivity index (χ0) is 11.4. The lowest BCUT2D eigenvalue weighted by molar-refractivity contribution is 0.318. The van der Waals surface area contributed by atoms with Gasteiger partial charge in [0.25, 0.3) is 0 Å². The molecule has 1 heterocycles. The molecule has 14 heavy (non-hydrogen) atoms. The Morgan fingerprint density at radius 3 is 2.36 bits per heavy atom. The van der Waals surface area contributed by atoms with Gasteiger partial charge in [-0.05, 0) is 39.5 Å². The molecule has 0 bridgehead atoms. The number of hydrogen-bond acceptors (Lipinski definition) is 1. The van der Waals surface area contributed by atoms with Crippen molar-refractivity contribution in [1.82, 2.24) is 5.32 Å². The molecule has 1 atom stereocenters. The first kappa shape index (κ1) is 13.5. The average molecular weight is 199 g/mol. The third-order valence-electron chi connectivity index (χ3n) is 2.87. The smallest absolute Gasteiger partial charge is 0.0320 e. The second kappa shape index (κ2) is 5.43. The van der Waals surface area contributed by atoms with Crippen LogP contribution in [0.5, 0.6) is 0 Å². The Bertz CT molecular complexity index is 207. The molecule has 0 aliphatic carbocycles. The molecule has 0 amide bonds. The molecule has 1 nitrogen and oxygen atoms in total. The maximum atomic E-state index is 3.60. The van der Waals surface area contributed by atoms with Crippen LogP contribution in [0.15, 0.2) is 11.3 Å². The van der Waals surface area contributed by atoms with Gasteiger partial charge >= 0.3 is 0 Å². The van der Waals surface area contributed by atoms with Crippen molar-refractivity contribution in [3.63, 3.8) is 0 Å². The van der Waals surface area contributed by atoms with Gasteiger partial charge in [-0.15, -0.1) is 0 Å². The molecule has 1 heteroatoms. The van der Waals surface area contributed by atoms with Gasteiger partial charge in [0.1, 0.15) is 0 Å². The topological polar surface area (TPSA) is 12.0 Å². The highest BCUT2D eigenvalue weighted by Gasteiger charge is 2.27. The van der Waals surface area contributed by atoms with E-state index in [0.717, 1.165) is 12.3 Å². The van der Waals surface area contributed by atoms with Gasteiger partial charge in [0, 0.05) is 12.7 Å². The Kier molecular flexibility index (Phi) is 5.25. The SMILES string of the molecule is CC.CCC1=C(C)C(C)CC(C)(C)N1.[HH]. The molecule has 0 aromatic carbocycles. The summed E-state index contributed by atoms with van der Waals surface area (Å²) in [4.78, 5) is 0. The van der Waals surface area contributed by atoms with Gasteiger partial charge in [0.05, 0.1) is 0 Å². The van der Waals surface area contributed by atoms with Crippen LogP contribution >= 0.6 is 0 Å². The van der Waals surface area contributed by atoms with Gasteiger partial charge in [-0.3, -0.25) is 0 Å². The predicted octanol–water partition coefficient (Wildman–Crippen LogP) is 4.35. The molecule has 0 radical (unpaired) electrons. The summed E-state index contributed by atoms with van der Waals surface area (Å²) in [5.41, 5.74) is 3.31. The van der Waals surface area contributed by atoms with E-state index in [1.165, 1.54) is 12.1 Å². The molecule has 0 aromatic rings. The minimum absolute atomic E-state index is 0. The second-order valence-corrected chi connectivity index (χ2v) is 4.63. The average Bonchev–Trinajstić information content (AvgIpc) is 2.14. The quantitative estimate of drug-likeness (QED) is 0.662. The van der Waals surface area contributed by atoms with E-state index < -0.39 is 0 Å². The third kappa shape index (κ3) is 3.36. The van der Waals surface area contributed by atoms with E-state index in [4.69, 9.17) is 0 Å². The highest BCUT2D eigenvalue weighted by Crippen LogP contribution is 2.30. The van der Waals surface area contributed by atoms with E-state index in [9.17, 15) is 0 Å². The van der Waals surface area contributed by atoms with Crippen molar-refractivity contribution in [1.29, 1.82) is 0 Å². The molecule has 0 saturated carbocycles. The first-order valence-corrected chi connectivity index (χ1v) is 5.94. The number of allylic oxidation sites excluding steroid dienone is 2. The minimum atomic E-state index is 0. The summed E-state index contributed by atoms with van der Waals surface area (Å²) in [7, 11) is 0. The standard InChI is InChI=1S/C11H21N.C2H6.H2/c1-6-10-9(3)8(2)7-11(4,5)12-10;1-2;/h8,12H,6-7H2,1-5H3;1-2H3;1H. The summed E-state index contributed by atoms with van der Waals surface area (Å²) >= 11 is 0. The van der Waals surface area contributed by atoms with Crippen molar-refractivity contribution in [2.75, 3.05) is 0 Å². The van der Waals surface area contributed by atoms with Crippen molar-refractivity contribution in [3.8, 4) is 0 Å². The molecule has 0 aromatic heterocycles. The van der Waals surface area contributed by atoms with Gasteiger partial charge in [-0.25, -0.2) is 0 Å². The van der Waals surface area contributed by atoms with Gasteiger partial charge in [-0.2, -0.15) is 0 Å². The Morgan fingerprint density at radius 1 is 1.43 bits per heavy atom. The van der Waals surface area contributed by atoms with Crippen molar-refractivity contribution in [2.24, 2.45) is 5.92 Å². The van der Waals surface area contributed by atoms with Gasteiger partial charge in [0.2, 0.25) is 0 Å². The molecule has 1 N–H and O–H groups in total. The van der Waals surface area contributed by atoms with Crippen LogP contribution in [0.25, 0.3) is 0 Å². The van der Waals surface area contributed by atoms with E-state index in [2.05, 4.69) is 39.9 Å². The Hall–Kier alpha value is -0.460. The first-order chi connectivity index (χ1) is 6.46. The normalized spacial score (nSPS) is 24.9. The van der Waals surface area contributed by atoms with E-state index in [1.807, 2.05) is 13.8 Å². The lowest BCUT2D eigenvalue weighted by Crippen LogP contribution is -2.44. The fraction of sp³-hybridized carbons (Fsp3) is 0.846. The maximum Gasteiger partial charge on any atom is 0.0320 e. The summed E-state index contributed by atoms with van der Waals surface area (Å²) in [6, 6.07) is 0. The molecular weight excluding hydrogens is 170 g/mol. The van der Waals surface area contributed by atoms with Gasteiger partial charge in [-0.1, -0.05) is 33.3 Å². The van der Waals surface area contributed by atoms with Crippen LogP contribution in [0.3, 0.4) is 0 Å². The Balaban J connectivity index is 0. The molecule has 1 aliphatic heterocycles. The van der Waals surface area contributed by atoms with Crippen molar-refractivity contribution < 1.29 is 1.43 Å². The van der Waals surface area contributed by atoms with E-state index >= 15 is 0 Å². The summed E-state index contributed by atoms with van der Waals surface area (Å²) < 4.78 is 0. The van der Waals surface area contributed by atoms with E-state index in [-0.39, 0.29) is 1.43 Å². The zero-order valence-electron chi connectivity index (χ0n) is 11.0. The predicted molar refractivity (Wildman–Crippen MR) is 67.4 cm³/mol. The number of hydrogen-bond donors (Lipinski definition) is 1. The lowest BCUT2D eigenvalue weighted by atomic mass is 9.82. The molecule has 1 rings (SSSR count). The number of nitrogens with one attached hydrogen (secondary N) is 1. The molecule has 1 unspecified atom stereocenters. The van der Waals surface area contributed by atoms with Crippen molar-refractivity contribution >= 4 is 0 Å². The summed E-state index contributed by atoms with van der Waals surface area (Å²) in [6.45, 7) is 15.4. The largest absolute Gasteiger partial charge is 0.383 e. The third-order valence-corrected chi connectivity index (χ3v) is 2.87.